The lowest BCUT2D eigenvalue weighted by Gasteiger charge is -2.16. The molecule has 0 aliphatic heterocycles. The van der Waals surface area contributed by atoms with Gasteiger partial charge in [-0.15, -0.1) is 0 Å². The summed E-state index contributed by atoms with van der Waals surface area (Å²) in [6.45, 7) is 4.08. The van der Waals surface area contributed by atoms with Crippen LogP contribution in [0.15, 0.2) is 30.3 Å². The van der Waals surface area contributed by atoms with Crippen LogP contribution in [0.4, 0.5) is 0 Å². The minimum atomic E-state index is -0.324. The molecule has 0 fully saturated rings. The highest BCUT2D eigenvalue weighted by molar-refractivity contribution is 5.86. The van der Waals surface area contributed by atoms with Crippen molar-refractivity contribution in [2.45, 2.75) is 32.7 Å². The van der Waals surface area contributed by atoms with Crippen LogP contribution in [0.5, 0.6) is 0 Å². The van der Waals surface area contributed by atoms with Gasteiger partial charge in [-0.3, -0.25) is 4.79 Å². The lowest BCUT2D eigenvalue weighted by Crippen LogP contribution is -2.37. The van der Waals surface area contributed by atoms with Crippen LogP contribution in [0, 0.1) is 5.92 Å². The summed E-state index contributed by atoms with van der Waals surface area (Å²) in [4.78, 5) is 11.8. The van der Waals surface area contributed by atoms with Gasteiger partial charge in [0.25, 0.3) is 0 Å². The van der Waals surface area contributed by atoms with Gasteiger partial charge in [-0.05, 0) is 11.5 Å². The molecule has 0 spiro atoms. The van der Waals surface area contributed by atoms with E-state index in [1.165, 1.54) is 0 Å². The van der Waals surface area contributed by atoms with Crippen LogP contribution in [0.3, 0.4) is 0 Å². The highest BCUT2D eigenvalue weighted by Gasteiger charge is 2.18. The number of Topliss-reactive ketones (excluding diaryl/α,β-unsaturated/α-hetero) is 1. The van der Waals surface area contributed by atoms with Gasteiger partial charge in [-0.1, -0.05) is 50.6 Å². The Morgan fingerprint density at radius 1 is 1.33 bits per heavy atom. The number of rotatable bonds is 5. The molecule has 2 unspecified atom stereocenters. The van der Waals surface area contributed by atoms with E-state index in [0.29, 0.717) is 6.42 Å². The monoisotopic (exact) mass is 205 g/mol. The lowest BCUT2D eigenvalue weighted by atomic mass is 9.93. The van der Waals surface area contributed by atoms with E-state index in [9.17, 15) is 4.79 Å². The molecular formula is C13H19NO. The molecule has 2 nitrogen and oxygen atoms in total. The van der Waals surface area contributed by atoms with Crippen LogP contribution in [-0.4, -0.2) is 11.8 Å². The van der Waals surface area contributed by atoms with Crippen LogP contribution < -0.4 is 5.73 Å². The summed E-state index contributed by atoms with van der Waals surface area (Å²) in [7, 11) is 0. The van der Waals surface area contributed by atoms with E-state index in [-0.39, 0.29) is 17.7 Å². The van der Waals surface area contributed by atoms with Crippen LogP contribution in [0.1, 0.15) is 25.8 Å². The maximum absolute atomic E-state index is 11.8. The number of hydrogen-bond acceptors (Lipinski definition) is 2. The first-order valence-electron chi connectivity index (χ1n) is 5.47. The lowest BCUT2D eigenvalue weighted by molar-refractivity contribution is -0.120. The first-order valence-corrected chi connectivity index (χ1v) is 5.47. The van der Waals surface area contributed by atoms with E-state index in [4.69, 9.17) is 5.73 Å². The third-order valence-electron chi connectivity index (χ3n) is 2.85. The number of nitrogens with two attached hydrogens (primary N) is 1. The molecule has 0 heterocycles. The Bertz CT molecular complexity index is 308. The molecule has 1 rings (SSSR count). The molecule has 0 bridgehead atoms. The van der Waals surface area contributed by atoms with Crippen LogP contribution in [0.25, 0.3) is 0 Å². The highest BCUT2D eigenvalue weighted by Crippen LogP contribution is 2.09. The molecule has 2 heteroatoms. The standard InChI is InChI=1S/C13H19NO/c1-3-10(2)13(14)12(15)9-11-7-5-4-6-8-11/h4-8,10,13H,3,9,14H2,1-2H3. The van der Waals surface area contributed by atoms with Crippen molar-refractivity contribution in [3.8, 4) is 0 Å². The molecule has 82 valence electrons. The summed E-state index contributed by atoms with van der Waals surface area (Å²) >= 11 is 0. The SMILES string of the molecule is CCC(C)C(N)C(=O)Cc1ccccc1. The fraction of sp³-hybridized carbons (Fsp3) is 0.462. The summed E-state index contributed by atoms with van der Waals surface area (Å²) in [5, 5.41) is 0. The number of carbonyl (C=O) groups is 1. The van der Waals surface area contributed by atoms with Gasteiger partial charge in [0.2, 0.25) is 0 Å². The van der Waals surface area contributed by atoms with Gasteiger partial charge in [0, 0.05) is 6.42 Å². The normalized spacial score (nSPS) is 14.6. The molecule has 0 aliphatic carbocycles. The van der Waals surface area contributed by atoms with Crippen molar-refractivity contribution in [1.82, 2.24) is 0 Å². The largest absolute Gasteiger partial charge is 0.321 e. The molecule has 1 aromatic carbocycles. The Balaban J connectivity index is 2.56. The molecule has 0 saturated carbocycles. The van der Waals surface area contributed by atoms with Crippen LogP contribution in [0.2, 0.25) is 0 Å². The maximum atomic E-state index is 11.8. The second kappa shape index (κ2) is 5.66. The molecular weight excluding hydrogens is 186 g/mol. The Kier molecular flexibility index (Phi) is 4.50. The second-order valence-electron chi connectivity index (χ2n) is 4.04. The van der Waals surface area contributed by atoms with Crippen LogP contribution in [-0.2, 0) is 11.2 Å². The Hall–Kier alpha value is -1.15. The molecule has 15 heavy (non-hydrogen) atoms. The number of hydrogen-bond donors (Lipinski definition) is 1. The Labute approximate surface area is 91.5 Å². The third kappa shape index (κ3) is 3.48. The van der Waals surface area contributed by atoms with E-state index in [1.807, 2.05) is 37.3 Å². The molecule has 0 aliphatic rings. The molecule has 0 saturated heterocycles. The highest BCUT2D eigenvalue weighted by atomic mass is 16.1. The molecule has 2 N–H and O–H groups in total. The smallest absolute Gasteiger partial charge is 0.154 e. The average molecular weight is 205 g/mol. The Morgan fingerprint density at radius 3 is 2.47 bits per heavy atom. The summed E-state index contributed by atoms with van der Waals surface area (Å²) in [6.07, 6.45) is 1.40. The minimum absolute atomic E-state index is 0.135. The van der Waals surface area contributed by atoms with Gasteiger partial charge in [0.05, 0.1) is 6.04 Å². The third-order valence-corrected chi connectivity index (χ3v) is 2.85. The average Bonchev–Trinajstić information content (AvgIpc) is 2.28. The fourth-order valence-corrected chi connectivity index (χ4v) is 1.49. The van der Waals surface area contributed by atoms with Crippen molar-refractivity contribution in [3.05, 3.63) is 35.9 Å². The van der Waals surface area contributed by atoms with Gasteiger partial charge < -0.3 is 5.73 Å². The van der Waals surface area contributed by atoms with E-state index in [2.05, 4.69) is 6.92 Å². The van der Waals surface area contributed by atoms with Crippen molar-refractivity contribution < 1.29 is 4.79 Å². The van der Waals surface area contributed by atoms with E-state index in [1.54, 1.807) is 0 Å². The van der Waals surface area contributed by atoms with Crippen molar-refractivity contribution in [3.63, 3.8) is 0 Å². The fourth-order valence-electron chi connectivity index (χ4n) is 1.49. The van der Waals surface area contributed by atoms with Gasteiger partial charge in [0.15, 0.2) is 5.78 Å². The zero-order valence-corrected chi connectivity index (χ0v) is 9.44. The van der Waals surface area contributed by atoms with E-state index >= 15 is 0 Å². The maximum Gasteiger partial charge on any atom is 0.154 e. The molecule has 1 aromatic rings. The van der Waals surface area contributed by atoms with Crippen molar-refractivity contribution in [2.75, 3.05) is 0 Å². The van der Waals surface area contributed by atoms with Gasteiger partial charge in [-0.25, -0.2) is 0 Å². The van der Waals surface area contributed by atoms with Crippen molar-refractivity contribution in [1.29, 1.82) is 0 Å². The van der Waals surface area contributed by atoms with Crippen LogP contribution >= 0.6 is 0 Å². The summed E-state index contributed by atoms with van der Waals surface area (Å²) in [6, 6.07) is 9.43. The first kappa shape index (κ1) is 11.9. The molecule has 0 radical (unpaired) electrons. The van der Waals surface area contributed by atoms with Gasteiger partial charge in [0.1, 0.15) is 0 Å². The van der Waals surface area contributed by atoms with Gasteiger partial charge in [-0.2, -0.15) is 0 Å². The number of carbonyl (C=O) groups excluding carboxylic acids is 1. The first-order chi connectivity index (χ1) is 7.15. The molecule has 2 atom stereocenters. The number of benzene rings is 1. The predicted octanol–water partition coefficient (Wildman–Crippen LogP) is 2.17. The summed E-state index contributed by atoms with van der Waals surface area (Å²) in [5.41, 5.74) is 6.91. The Morgan fingerprint density at radius 2 is 1.93 bits per heavy atom. The number of ketones is 1. The predicted molar refractivity (Wildman–Crippen MR) is 62.6 cm³/mol. The van der Waals surface area contributed by atoms with E-state index in [0.717, 1.165) is 12.0 Å². The quantitative estimate of drug-likeness (QED) is 0.800. The molecule has 0 aromatic heterocycles. The zero-order valence-electron chi connectivity index (χ0n) is 9.44. The molecule has 0 amide bonds. The van der Waals surface area contributed by atoms with Gasteiger partial charge >= 0.3 is 0 Å². The topological polar surface area (TPSA) is 43.1 Å². The van der Waals surface area contributed by atoms with Crippen molar-refractivity contribution >= 4 is 5.78 Å². The zero-order chi connectivity index (χ0) is 11.3. The summed E-state index contributed by atoms with van der Waals surface area (Å²) < 4.78 is 0. The summed E-state index contributed by atoms with van der Waals surface area (Å²) in [5.74, 6) is 0.400. The minimum Gasteiger partial charge on any atom is -0.321 e. The van der Waals surface area contributed by atoms with E-state index < -0.39 is 0 Å². The second-order valence-corrected chi connectivity index (χ2v) is 4.04. The van der Waals surface area contributed by atoms with Crippen molar-refractivity contribution in [2.24, 2.45) is 11.7 Å².